The van der Waals surface area contributed by atoms with E-state index in [1.54, 1.807) is 12.1 Å². The molecule has 0 radical (unpaired) electrons. The van der Waals surface area contributed by atoms with Crippen molar-refractivity contribution >= 4 is 15.9 Å². The van der Waals surface area contributed by atoms with Crippen LogP contribution in [0.15, 0.2) is 35.5 Å². The van der Waals surface area contributed by atoms with Crippen molar-refractivity contribution in [1.82, 2.24) is 5.32 Å². The third-order valence-corrected chi connectivity index (χ3v) is 3.06. The van der Waals surface area contributed by atoms with E-state index in [4.69, 9.17) is 4.74 Å². The van der Waals surface area contributed by atoms with E-state index in [0.29, 0.717) is 11.1 Å². The number of halogens is 2. The molecule has 0 amide bonds. The molecule has 1 atom stereocenters. The van der Waals surface area contributed by atoms with Gasteiger partial charge in [-0.1, -0.05) is 12.6 Å². The molecule has 0 aliphatic heterocycles. The van der Waals surface area contributed by atoms with Crippen LogP contribution in [0.5, 0.6) is 0 Å². The van der Waals surface area contributed by atoms with Crippen molar-refractivity contribution in [3.63, 3.8) is 0 Å². The predicted octanol–water partition coefficient (Wildman–Crippen LogP) is 3.79. The van der Waals surface area contributed by atoms with Gasteiger partial charge >= 0.3 is 0 Å². The summed E-state index contributed by atoms with van der Waals surface area (Å²) in [6, 6.07) is 5.25. The molecule has 1 unspecified atom stereocenters. The molecule has 4 heteroatoms. The van der Waals surface area contributed by atoms with Crippen molar-refractivity contribution in [2.75, 3.05) is 13.2 Å². The van der Waals surface area contributed by atoms with Crippen LogP contribution in [-0.4, -0.2) is 13.2 Å². The fourth-order valence-corrected chi connectivity index (χ4v) is 1.85. The van der Waals surface area contributed by atoms with Crippen LogP contribution in [0, 0.1) is 5.82 Å². The zero-order valence-electron chi connectivity index (χ0n) is 9.88. The number of benzene rings is 1. The quantitative estimate of drug-likeness (QED) is 0.611. The maximum atomic E-state index is 13.1. The number of ether oxygens (including phenoxy) is 1. The standard InChI is InChI=1S/C13H17BrFNO/c1-3-17-8-4-7-16-10(2)11-5-6-13(15)12(14)9-11/h3,5-6,9-10,16H,1,4,7-8H2,2H3. The van der Waals surface area contributed by atoms with E-state index in [1.807, 2.05) is 6.92 Å². The molecule has 1 N–H and O–H groups in total. The Labute approximate surface area is 110 Å². The molecule has 0 saturated heterocycles. The van der Waals surface area contributed by atoms with Crippen LogP contribution in [0.3, 0.4) is 0 Å². The minimum absolute atomic E-state index is 0.190. The first-order valence-electron chi connectivity index (χ1n) is 5.56. The Hall–Kier alpha value is -0.870. The lowest BCUT2D eigenvalue weighted by atomic mass is 10.1. The van der Waals surface area contributed by atoms with Gasteiger partial charge in [0.1, 0.15) is 5.82 Å². The van der Waals surface area contributed by atoms with Gasteiger partial charge in [0.2, 0.25) is 0 Å². The SMILES string of the molecule is C=COCCCNC(C)c1ccc(F)c(Br)c1. The fraction of sp³-hybridized carbons (Fsp3) is 0.385. The third kappa shape index (κ3) is 4.88. The second-order valence-electron chi connectivity index (χ2n) is 3.74. The van der Waals surface area contributed by atoms with Crippen LogP contribution in [0.25, 0.3) is 0 Å². The van der Waals surface area contributed by atoms with E-state index < -0.39 is 0 Å². The summed E-state index contributed by atoms with van der Waals surface area (Å²) < 4.78 is 18.6. The van der Waals surface area contributed by atoms with E-state index in [2.05, 4.69) is 27.8 Å². The molecule has 0 aromatic heterocycles. The molecule has 1 aromatic rings. The Morgan fingerprint density at radius 1 is 1.59 bits per heavy atom. The average molecular weight is 302 g/mol. The van der Waals surface area contributed by atoms with Gasteiger partial charge in [0.25, 0.3) is 0 Å². The van der Waals surface area contributed by atoms with Crippen LogP contribution in [0.2, 0.25) is 0 Å². The fourth-order valence-electron chi connectivity index (χ4n) is 1.46. The molecule has 1 aromatic carbocycles. The highest BCUT2D eigenvalue weighted by Crippen LogP contribution is 2.21. The monoisotopic (exact) mass is 301 g/mol. The zero-order valence-corrected chi connectivity index (χ0v) is 11.5. The largest absolute Gasteiger partial charge is 0.502 e. The number of nitrogens with one attached hydrogen (secondary N) is 1. The summed E-state index contributed by atoms with van der Waals surface area (Å²) in [7, 11) is 0. The summed E-state index contributed by atoms with van der Waals surface area (Å²) in [5.74, 6) is -0.236. The van der Waals surface area contributed by atoms with Gasteiger partial charge in [0, 0.05) is 6.04 Å². The lowest BCUT2D eigenvalue weighted by Gasteiger charge is -2.14. The van der Waals surface area contributed by atoms with Gasteiger partial charge in [-0.25, -0.2) is 4.39 Å². The highest BCUT2D eigenvalue weighted by atomic mass is 79.9. The van der Waals surface area contributed by atoms with Gasteiger partial charge in [0.15, 0.2) is 0 Å². The normalized spacial score (nSPS) is 12.2. The van der Waals surface area contributed by atoms with E-state index in [9.17, 15) is 4.39 Å². The number of hydrogen-bond donors (Lipinski definition) is 1. The van der Waals surface area contributed by atoms with Crippen molar-refractivity contribution in [2.24, 2.45) is 0 Å². The predicted molar refractivity (Wildman–Crippen MR) is 71.3 cm³/mol. The van der Waals surface area contributed by atoms with Gasteiger partial charge in [-0.3, -0.25) is 0 Å². The van der Waals surface area contributed by atoms with Crippen LogP contribution in [-0.2, 0) is 4.74 Å². The topological polar surface area (TPSA) is 21.3 Å². The van der Waals surface area contributed by atoms with Crippen molar-refractivity contribution < 1.29 is 9.13 Å². The Bertz CT molecular complexity index is 370. The van der Waals surface area contributed by atoms with Crippen LogP contribution < -0.4 is 5.32 Å². The number of rotatable bonds is 7. The molecule has 1 rings (SSSR count). The second-order valence-corrected chi connectivity index (χ2v) is 4.59. The van der Waals surface area contributed by atoms with E-state index in [-0.39, 0.29) is 11.9 Å². The van der Waals surface area contributed by atoms with Crippen LogP contribution in [0.1, 0.15) is 24.9 Å². The molecule has 17 heavy (non-hydrogen) atoms. The van der Waals surface area contributed by atoms with E-state index in [1.165, 1.54) is 12.3 Å². The van der Waals surface area contributed by atoms with Gasteiger partial charge in [-0.15, -0.1) is 0 Å². The summed E-state index contributed by atoms with van der Waals surface area (Å²) in [6.45, 7) is 7.04. The maximum absolute atomic E-state index is 13.1. The highest BCUT2D eigenvalue weighted by molar-refractivity contribution is 9.10. The third-order valence-electron chi connectivity index (χ3n) is 2.45. The minimum atomic E-state index is -0.236. The molecule has 0 saturated carbocycles. The van der Waals surface area contributed by atoms with Crippen molar-refractivity contribution in [2.45, 2.75) is 19.4 Å². The summed E-state index contributed by atoms with van der Waals surface area (Å²) in [5.41, 5.74) is 1.06. The molecular weight excluding hydrogens is 285 g/mol. The Morgan fingerprint density at radius 3 is 3.00 bits per heavy atom. The smallest absolute Gasteiger partial charge is 0.137 e. The first-order valence-corrected chi connectivity index (χ1v) is 6.35. The summed E-state index contributed by atoms with van der Waals surface area (Å²) >= 11 is 3.18. The number of hydrogen-bond acceptors (Lipinski definition) is 2. The van der Waals surface area contributed by atoms with Gasteiger partial charge < -0.3 is 10.1 Å². The Kier molecular flexibility index (Phi) is 6.22. The zero-order chi connectivity index (χ0) is 12.7. The Morgan fingerprint density at radius 2 is 2.35 bits per heavy atom. The lowest BCUT2D eigenvalue weighted by Crippen LogP contribution is -2.20. The van der Waals surface area contributed by atoms with E-state index in [0.717, 1.165) is 18.5 Å². The molecule has 0 heterocycles. The van der Waals surface area contributed by atoms with Gasteiger partial charge in [-0.05, 0) is 53.5 Å². The molecular formula is C13H17BrFNO. The molecule has 2 nitrogen and oxygen atoms in total. The first kappa shape index (κ1) is 14.2. The van der Waals surface area contributed by atoms with Gasteiger partial charge in [0.05, 0.1) is 17.3 Å². The second kappa shape index (κ2) is 7.45. The molecule has 94 valence electrons. The summed E-state index contributed by atoms with van der Waals surface area (Å²) in [4.78, 5) is 0. The molecule has 0 aliphatic rings. The molecule has 0 bridgehead atoms. The molecule has 0 fully saturated rings. The minimum Gasteiger partial charge on any atom is -0.502 e. The maximum Gasteiger partial charge on any atom is 0.137 e. The summed E-state index contributed by atoms with van der Waals surface area (Å²) in [6.07, 6.45) is 2.36. The molecule has 0 aliphatic carbocycles. The Balaban J connectivity index is 2.38. The average Bonchev–Trinajstić information content (AvgIpc) is 2.32. The van der Waals surface area contributed by atoms with Crippen molar-refractivity contribution in [3.05, 3.63) is 46.9 Å². The van der Waals surface area contributed by atoms with Crippen LogP contribution >= 0.6 is 15.9 Å². The first-order chi connectivity index (χ1) is 8.15. The summed E-state index contributed by atoms with van der Waals surface area (Å²) in [5, 5.41) is 3.35. The van der Waals surface area contributed by atoms with Crippen molar-refractivity contribution in [3.8, 4) is 0 Å². The molecule has 0 spiro atoms. The lowest BCUT2D eigenvalue weighted by molar-refractivity contribution is 0.243. The highest BCUT2D eigenvalue weighted by Gasteiger charge is 2.07. The van der Waals surface area contributed by atoms with Crippen molar-refractivity contribution in [1.29, 1.82) is 0 Å². The van der Waals surface area contributed by atoms with Gasteiger partial charge in [-0.2, -0.15) is 0 Å². The van der Waals surface area contributed by atoms with Crippen LogP contribution in [0.4, 0.5) is 4.39 Å². The van der Waals surface area contributed by atoms with E-state index >= 15 is 0 Å².